The summed E-state index contributed by atoms with van der Waals surface area (Å²) in [7, 11) is -0.960. The van der Waals surface area contributed by atoms with E-state index in [4.69, 9.17) is 14.2 Å². The molecule has 13 heteroatoms. The summed E-state index contributed by atoms with van der Waals surface area (Å²) < 4.78 is 45.5. The van der Waals surface area contributed by atoms with Crippen LogP contribution in [-0.4, -0.2) is 49.2 Å². The molecule has 2 aromatic carbocycles. The van der Waals surface area contributed by atoms with Gasteiger partial charge in [-0.25, -0.2) is 17.4 Å². The van der Waals surface area contributed by atoms with Crippen LogP contribution in [0.5, 0.6) is 17.2 Å². The van der Waals surface area contributed by atoms with Gasteiger partial charge in [0.25, 0.3) is 10.0 Å². The number of thioether (sulfide) groups is 1. The summed E-state index contributed by atoms with van der Waals surface area (Å²) in [5, 5.41) is 11.5. The third-order valence-corrected chi connectivity index (χ3v) is 9.18. The Bertz CT molecular complexity index is 1670. The smallest absolute Gasteiger partial charge is 0.549 e. The number of nitrogens with zero attached hydrogens (tertiary/aromatic N) is 3. The average molecular weight is 592 g/mol. The summed E-state index contributed by atoms with van der Waals surface area (Å²) in [6.07, 6.45) is 1.73. The fourth-order valence-corrected chi connectivity index (χ4v) is 6.69. The van der Waals surface area contributed by atoms with Crippen molar-refractivity contribution >= 4 is 38.8 Å². The van der Waals surface area contributed by atoms with E-state index in [2.05, 4.69) is 9.97 Å². The van der Waals surface area contributed by atoms with E-state index in [0.717, 1.165) is 22.6 Å². The Balaban J connectivity index is 0.00000462. The van der Waals surface area contributed by atoms with E-state index in [1.807, 2.05) is 13.8 Å². The molecular formula is C28H30LiN3O7S2. The van der Waals surface area contributed by atoms with Crippen LogP contribution in [0.25, 0.3) is 11.0 Å². The van der Waals surface area contributed by atoms with Crippen molar-refractivity contribution in [2.75, 3.05) is 20.8 Å². The number of benzene rings is 2. The maximum absolute atomic E-state index is 13.9. The van der Waals surface area contributed by atoms with Gasteiger partial charge in [0.15, 0.2) is 5.16 Å². The number of methoxy groups -OCH3 is 2. The third kappa shape index (κ3) is 6.67. The predicted octanol–water partition coefficient (Wildman–Crippen LogP) is 0.754. The molecule has 212 valence electrons. The summed E-state index contributed by atoms with van der Waals surface area (Å²) in [4.78, 5) is 20.4. The maximum Gasteiger partial charge on any atom is 1.00 e. The van der Waals surface area contributed by atoms with Gasteiger partial charge in [0.1, 0.15) is 17.2 Å². The molecule has 2 aromatic heterocycles. The fraction of sp³-hybridized carbons (Fsp3) is 0.321. The van der Waals surface area contributed by atoms with Gasteiger partial charge in [0, 0.05) is 34.6 Å². The van der Waals surface area contributed by atoms with Gasteiger partial charge in [-0.3, -0.25) is 4.98 Å². The van der Waals surface area contributed by atoms with Gasteiger partial charge in [-0.2, -0.15) is 0 Å². The molecule has 0 bridgehead atoms. The molecule has 0 aliphatic heterocycles. The zero-order valence-corrected chi connectivity index (χ0v) is 25.7. The van der Waals surface area contributed by atoms with E-state index >= 15 is 0 Å². The van der Waals surface area contributed by atoms with Crippen LogP contribution in [0.4, 0.5) is 0 Å². The number of hydrogen-bond acceptors (Lipinski definition) is 10. The molecule has 0 unspecified atom stereocenters. The SMILES string of the molecule is COc1ccc2c(c1)nc(SCc1ncc(C)c(OC)c1C)n2S(=O)(=O)c1ccc(OCC(C)(C)C(=O)[O-])cc1.[Li+]. The first-order chi connectivity index (χ1) is 18.9. The van der Waals surface area contributed by atoms with Crippen molar-refractivity contribution in [2.24, 2.45) is 5.41 Å². The Labute approximate surface area is 255 Å². The second-order valence-corrected chi connectivity index (χ2v) is 12.5. The number of imidazole rings is 1. The van der Waals surface area contributed by atoms with Crippen molar-refractivity contribution in [3.05, 3.63) is 65.5 Å². The number of aryl methyl sites for hydroxylation is 1. The Kier molecular flexibility index (Phi) is 10.1. The minimum atomic E-state index is -4.09. The van der Waals surface area contributed by atoms with E-state index in [1.54, 1.807) is 31.5 Å². The molecule has 0 atom stereocenters. The Morgan fingerprint density at radius 3 is 2.32 bits per heavy atom. The number of carbonyl (C=O) groups excluding carboxylic acids is 1. The van der Waals surface area contributed by atoms with Crippen molar-refractivity contribution in [3.63, 3.8) is 0 Å². The minimum absolute atomic E-state index is 0. The fourth-order valence-electron chi connectivity index (χ4n) is 3.95. The number of rotatable bonds is 11. The van der Waals surface area contributed by atoms with Gasteiger partial charge in [0.05, 0.1) is 48.4 Å². The number of aliphatic carboxylic acids is 1. The molecule has 0 saturated heterocycles. The molecule has 0 aliphatic carbocycles. The molecule has 0 saturated carbocycles. The van der Waals surface area contributed by atoms with Crippen LogP contribution in [0, 0.1) is 19.3 Å². The number of fused-ring (bicyclic) bond motifs is 1. The zero-order valence-electron chi connectivity index (χ0n) is 24.0. The normalized spacial score (nSPS) is 11.7. The molecule has 4 rings (SSSR count). The molecule has 0 radical (unpaired) electrons. The Morgan fingerprint density at radius 1 is 1.05 bits per heavy atom. The average Bonchev–Trinajstić information content (AvgIpc) is 3.30. The van der Waals surface area contributed by atoms with Gasteiger partial charge in [-0.15, -0.1) is 0 Å². The molecule has 2 heterocycles. The maximum atomic E-state index is 13.9. The monoisotopic (exact) mass is 591 g/mol. The first-order valence-corrected chi connectivity index (χ1v) is 14.7. The Hall–Kier alpha value is -3.17. The Morgan fingerprint density at radius 2 is 1.71 bits per heavy atom. The van der Waals surface area contributed by atoms with E-state index < -0.39 is 21.4 Å². The molecule has 0 amide bonds. The molecule has 0 spiro atoms. The molecule has 4 aromatic rings. The van der Waals surface area contributed by atoms with Crippen LogP contribution in [0.3, 0.4) is 0 Å². The number of carboxylic acids is 1. The standard InChI is InChI=1S/C28H31N3O7S2.Li/c1-17-14-29-23(18(2)25(17)37-6)15-39-27-30-22-13-20(36-5)9-12-24(22)31(27)40(34,35)21-10-7-19(8-11-21)38-16-28(3,4)26(32)33;/h7-14H,15-16H2,1-6H3,(H,32,33);/q;+1/p-1. The molecule has 10 nitrogen and oxygen atoms in total. The number of pyridine rings is 1. The van der Waals surface area contributed by atoms with Crippen molar-refractivity contribution in [2.45, 2.75) is 43.5 Å². The summed E-state index contributed by atoms with van der Waals surface area (Å²) >= 11 is 1.24. The van der Waals surface area contributed by atoms with Crippen LogP contribution in [0.15, 0.2) is 58.7 Å². The molecule has 41 heavy (non-hydrogen) atoms. The number of aromatic nitrogens is 3. The van der Waals surface area contributed by atoms with Crippen molar-refractivity contribution in [1.82, 2.24) is 13.9 Å². The first-order valence-electron chi connectivity index (χ1n) is 12.3. The number of ether oxygens (including phenoxy) is 3. The zero-order chi connectivity index (χ0) is 29.2. The number of carboxylic acid groups (broad SMARTS) is 1. The molecule has 0 fully saturated rings. The summed E-state index contributed by atoms with van der Waals surface area (Å²) in [5.74, 6) is 0.738. The van der Waals surface area contributed by atoms with Crippen molar-refractivity contribution in [3.8, 4) is 17.2 Å². The summed E-state index contributed by atoms with van der Waals surface area (Å²) in [5.41, 5.74) is 2.18. The molecular weight excluding hydrogens is 561 g/mol. The van der Waals surface area contributed by atoms with Gasteiger partial charge < -0.3 is 24.1 Å². The number of hydrogen-bond donors (Lipinski definition) is 0. The predicted molar refractivity (Wildman–Crippen MR) is 149 cm³/mol. The van der Waals surface area contributed by atoms with E-state index in [1.165, 1.54) is 61.0 Å². The van der Waals surface area contributed by atoms with Gasteiger partial charge >= 0.3 is 18.9 Å². The molecule has 0 aliphatic rings. The largest absolute Gasteiger partial charge is 1.00 e. The van der Waals surface area contributed by atoms with Crippen LogP contribution in [0.1, 0.15) is 30.7 Å². The second kappa shape index (κ2) is 12.8. The third-order valence-electron chi connectivity index (χ3n) is 6.39. The quantitative estimate of drug-likeness (QED) is 0.182. The van der Waals surface area contributed by atoms with Crippen LogP contribution in [0.2, 0.25) is 0 Å². The first kappa shape index (κ1) is 32.3. The van der Waals surface area contributed by atoms with Gasteiger partial charge in [0.2, 0.25) is 0 Å². The van der Waals surface area contributed by atoms with Crippen LogP contribution < -0.4 is 38.2 Å². The summed E-state index contributed by atoms with van der Waals surface area (Å²) in [6, 6.07) is 10.8. The van der Waals surface area contributed by atoms with E-state index in [-0.39, 0.29) is 35.5 Å². The van der Waals surface area contributed by atoms with Crippen molar-refractivity contribution < 1.29 is 51.4 Å². The van der Waals surface area contributed by atoms with E-state index in [9.17, 15) is 18.3 Å². The van der Waals surface area contributed by atoms with Gasteiger partial charge in [-0.1, -0.05) is 25.6 Å². The van der Waals surface area contributed by atoms with Crippen LogP contribution in [-0.2, 0) is 20.6 Å². The van der Waals surface area contributed by atoms with Crippen molar-refractivity contribution in [1.29, 1.82) is 0 Å². The molecule has 0 N–H and O–H groups in total. The van der Waals surface area contributed by atoms with Gasteiger partial charge in [-0.05, 0) is 50.2 Å². The number of carbonyl (C=O) groups is 1. The second-order valence-electron chi connectivity index (χ2n) is 9.78. The van der Waals surface area contributed by atoms with Crippen LogP contribution >= 0.6 is 11.8 Å². The topological polar surface area (TPSA) is 133 Å². The van der Waals surface area contributed by atoms with E-state index in [0.29, 0.717) is 28.3 Å². The summed E-state index contributed by atoms with van der Waals surface area (Å²) in [6.45, 7) is 6.67. The minimum Gasteiger partial charge on any atom is -0.549 e.